The van der Waals surface area contributed by atoms with Crippen molar-refractivity contribution in [1.82, 2.24) is 19.5 Å². The summed E-state index contributed by atoms with van der Waals surface area (Å²) in [5.41, 5.74) is 5.16. The minimum Gasteiger partial charge on any atom is -0.495 e. The molecule has 1 aliphatic heterocycles. The van der Waals surface area contributed by atoms with Crippen LogP contribution < -0.4 is 15.4 Å². The minimum absolute atomic E-state index is 0.000505. The Morgan fingerprint density at radius 1 is 0.952 bits per heavy atom. The lowest BCUT2D eigenvalue weighted by Gasteiger charge is -2.31. The van der Waals surface area contributed by atoms with Gasteiger partial charge < -0.3 is 20.3 Å². The number of pyridine rings is 1. The number of halogens is 1. The summed E-state index contributed by atoms with van der Waals surface area (Å²) in [6.07, 6.45) is 2.91. The Labute approximate surface area is 242 Å². The highest BCUT2D eigenvalue weighted by molar-refractivity contribution is 5.96. The van der Waals surface area contributed by atoms with Gasteiger partial charge in [-0.3, -0.25) is 9.59 Å². The Bertz CT molecular complexity index is 1760. The Morgan fingerprint density at radius 2 is 1.69 bits per heavy atom. The number of hydrogen-bond acceptors (Lipinski definition) is 6. The summed E-state index contributed by atoms with van der Waals surface area (Å²) < 4.78 is 20.4. The summed E-state index contributed by atoms with van der Waals surface area (Å²) in [5.74, 6) is -0.0127. The van der Waals surface area contributed by atoms with Gasteiger partial charge in [0.15, 0.2) is 5.65 Å². The number of benzene rings is 3. The number of amides is 2. The summed E-state index contributed by atoms with van der Waals surface area (Å²) in [6, 6.07) is 22.6. The molecule has 2 amide bonds. The van der Waals surface area contributed by atoms with E-state index in [1.54, 1.807) is 48.9 Å². The third-order valence-electron chi connectivity index (χ3n) is 7.42. The van der Waals surface area contributed by atoms with E-state index in [2.05, 4.69) is 20.7 Å². The summed E-state index contributed by atoms with van der Waals surface area (Å²) in [6.45, 7) is 3.36. The van der Waals surface area contributed by atoms with Crippen LogP contribution in [0.4, 0.5) is 21.7 Å². The fourth-order valence-electron chi connectivity index (χ4n) is 4.76. The lowest BCUT2D eigenvalue weighted by Crippen LogP contribution is -2.42. The Balaban J connectivity index is 1.14. The van der Waals surface area contributed by atoms with Gasteiger partial charge in [0.2, 0.25) is 11.9 Å². The number of ether oxygens (including phenoxy) is 1. The number of rotatable bonds is 8. The van der Waals surface area contributed by atoms with Gasteiger partial charge >= 0.3 is 0 Å². The molecule has 6 rings (SSSR count). The number of carbonyl (C=O) groups is 2. The molecule has 9 nitrogen and oxygen atoms in total. The molecule has 5 aromatic rings. The van der Waals surface area contributed by atoms with E-state index in [1.165, 1.54) is 12.1 Å². The largest absolute Gasteiger partial charge is 0.495 e. The van der Waals surface area contributed by atoms with Crippen molar-refractivity contribution in [3.63, 3.8) is 0 Å². The van der Waals surface area contributed by atoms with Crippen LogP contribution >= 0.6 is 0 Å². The standard InChI is InChI=1S/C32H29FN6O3/c1-20(21-4-10-25(33)11-5-21)30(40)34-26-12-6-22(7-13-26)24-9-15-29-36-32(37-39(29)19-24)35-27-14-8-23(18-28(27)42-2)31(41)38-16-3-17-38/h4-15,18-20H,3,16-17H2,1-2H3,(H,34,40)(H,35,37). The molecule has 1 aliphatic rings. The Hall–Kier alpha value is -5.25. The average molecular weight is 565 g/mol. The number of nitrogens with zero attached hydrogens (tertiary/aromatic N) is 4. The zero-order valence-corrected chi connectivity index (χ0v) is 23.2. The van der Waals surface area contributed by atoms with Crippen LogP contribution in [-0.2, 0) is 4.79 Å². The maximum Gasteiger partial charge on any atom is 0.253 e. The van der Waals surface area contributed by atoms with Gasteiger partial charge in [-0.2, -0.15) is 4.98 Å². The third-order valence-corrected chi connectivity index (χ3v) is 7.42. The molecule has 0 aliphatic carbocycles. The van der Waals surface area contributed by atoms with E-state index in [1.807, 2.05) is 47.5 Å². The number of anilines is 3. The smallest absolute Gasteiger partial charge is 0.253 e. The zero-order chi connectivity index (χ0) is 29.2. The topological polar surface area (TPSA) is 101 Å². The average Bonchev–Trinajstić information content (AvgIpc) is 3.38. The lowest BCUT2D eigenvalue weighted by atomic mass is 10.00. The first kappa shape index (κ1) is 26.9. The Kier molecular flexibility index (Phi) is 7.26. The molecule has 212 valence electrons. The number of hydrogen-bond donors (Lipinski definition) is 2. The monoisotopic (exact) mass is 564 g/mol. The van der Waals surface area contributed by atoms with E-state index in [0.717, 1.165) is 36.2 Å². The van der Waals surface area contributed by atoms with Crippen LogP contribution in [0.3, 0.4) is 0 Å². The highest BCUT2D eigenvalue weighted by Gasteiger charge is 2.22. The summed E-state index contributed by atoms with van der Waals surface area (Å²) in [4.78, 5) is 31.7. The number of aromatic nitrogens is 3. The summed E-state index contributed by atoms with van der Waals surface area (Å²) in [7, 11) is 1.56. The Morgan fingerprint density at radius 3 is 2.38 bits per heavy atom. The molecule has 1 unspecified atom stereocenters. The molecule has 0 saturated carbocycles. The van der Waals surface area contributed by atoms with Gasteiger partial charge in [0.25, 0.3) is 5.91 Å². The van der Waals surface area contributed by atoms with Crippen molar-refractivity contribution < 1.29 is 18.7 Å². The molecule has 1 fully saturated rings. The van der Waals surface area contributed by atoms with Gasteiger partial charge in [0.1, 0.15) is 11.6 Å². The van der Waals surface area contributed by atoms with E-state index >= 15 is 0 Å². The molecule has 42 heavy (non-hydrogen) atoms. The van der Waals surface area contributed by atoms with Gasteiger partial charge in [0.05, 0.1) is 18.7 Å². The minimum atomic E-state index is -0.423. The van der Waals surface area contributed by atoms with Crippen molar-refractivity contribution in [2.24, 2.45) is 0 Å². The van der Waals surface area contributed by atoms with Crippen LogP contribution in [0.5, 0.6) is 5.75 Å². The van der Waals surface area contributed by atoms with Gasteiger partial charge in [0, 0.05) is 36.1 Å². The second kappa shape index (κ2) is 11.3. The molecule has 2 N–H and O–H groups in total. The van der Waals surface area contributed by atoms with Crippen LogP contribution in [0.1, 0.15) is 35.2 Å². The van der Waals surface area contributed by atoms with Crippen LogP contribution in [0, 0.1) is 5.82 Å². The van der Waals surface area contributed by atoms with E-state index in [9.17, 15) is 14.0 Å². The summed E-state index contributed by atoms with van der Waals surface area (Å²) >= 11 is 0. The molecular weight excluding hydrogens is 535 g/mol. The lowest BCUT2D eigenvalue weighted by molar-refractivity contribution is -0.117. The SMILES string of the molecule is COc1cc(C(=O)N2CCC2)ccc1Nc1nc2ccc(-c3ccc(NC(=O)C(C)c4ccc(F)cc4)cc3)cn2n1. The molecule has 0 bridgehead atoms. The van der Waals surface area contributed by atoms with Gasteiger partial charge in [-0.25, -0.2) is 8.91 Å². The first-order valence-electron chi connectivity index (χ1n) is 13.7. The normalized spacial score (nSPS) is 13.4. The second-order valence-corrected chi connectivity index (χ2v) is 10.2. The molecule has 1 atom stereocenters. The zero-order valence-electron chi connectivity index (χ0n) is 23.2. The van der Waals surface area contributed by atoms with Crippen molar-refractivity contribution >= 4 is 34.8 Å². The van der Waals surface area contributed by atoms with Crippen molar-refractivity contribution in [2.45, 2.75) is 19.3 Å². The fraction of sp³-hybridized carbons (Fsp3) is 0.188. The van der Waals surface area contributed by atoms with Gasteiger partial charge in [-0.1, -0.05) is 24.3 Å². The first-order chi connectivity index (χ1) is 20.4. The maximum atomic E-state index is 13.2. The number of methoxy groups -OCH3 is 1. The predicted octanol–water partition coefficient (Wildman–Crippen LogP) is 5.88. The van der Waals surface area contributed by atoms with Crippen LogP contribution in [0.2, 0.25) is 0 Å². The second-order valence-electron chi connectivity index (χ2n) is 10.2. The molecule has 2 aromatic heterocycles. The molecule has 3 heterocycles. The molecule has 10 heteroatoms. The maximum absolute atomic E-state index is 13.2. The molecular formula is C32H29FN6O3. The summed E-state index contributed by atoms with van der Waals surface area (Å²) in [5, 5.41) is 10.7. The number of nitrogens with one attached hydrogen (secondary N) is 2. The molecule has 1 saturated heterocycles. The van der Waals surface area contributed by atoms with Gasteiger partial charge in [-0.15, -0.1) is 5.10 Å². The van der Waals surface area contributed by atoms with Crippen molar-refractivity contribution in [3.8, 4) is 16.9 Å². The number of carbonyl (C=O) groups excluding carboxylic acids is 2. The quantitative estimate of drug-likeness (QED) is 0.244. The van der Waals surface area contributed by atoms with Crippen molar-refractivity contribution in [1.29, 1.82) is 0 Å². The van der Waals surface area contributed by atoms with Crippen LogP contribution in [0.25, 0.3) is 16.8 Å². The molecule has 3 aromatic carbocycles. The van der Waals surface area contributed by atoms with Crippen LogP contribution in [0.15, 0.2) is 85.1 Å². The number of fused-ring (bicyclic) bond motifs is 1. The van der Waals surface area contributed by atoms with E-state index in [-0.39, 0.29) is 17.6 Å². The van der Waals surface area contributed by atoms with E-state index in [0.29, 0.717) is 34.3 Å². The van der Waals surface area contributed by atoms with Gasteiger partial charge in [-0.05, 0) is 79.1 Å². The van der Waals surface area contributed by atoms with E-state index in [4.69, 9.17) is 4.74 Å². The molecule has 0 spiro atoms. The van der Waals surface area contributed by atoms with Crippen LogP contribution in [-0.4, -0.2) is 51.5 Å². The highest BCUT2D eigenvalue weighted by Crippen LogP contribution is 2.30. The first-order valence-corrected chi connectivity index (χ1v) is 13.7. The van der Waals surface area contributed by atoms with Crippen molar-refractivity contribution in [2.75, 3.05) is 30.8 Å². The molecule has 0 radical (unpaired) electrons. The van der Waals surface area contributed by atoms with E-state index < -0.39 is 5.92 Å². The highest BCUT2D eigenvalue weighted by atomic mass is 19.1. The number of likely N-dealkylation sites (tertiary alicyclic amines) is 1. The fourth-order valence-corrected chi connectivity index (χ4v) is 4.76. The third kappa shape index (κ3) is 5.51. The predicted molar refractivity (Wildman–Crippen MR) is 159 cm³/mol. The van der Waals surface area contributed by atoms with Crippen molar-refractivity contribution in [3.05, 3.63) is 102 Å².